The lowest BCUT2D eigenvalue weighted by Crippen LogP contribution is -2.40. The van der Waals surface area contributed by atoms with Crippen LogP contribution in [0.3, 0.4) is 0 Å². The Labute approximate surface area is 220 Å². The molecule has 0 radical (unpaired) electrons. The summed E-state index contributed by atoms with van der Waals surface area (Å²) in [5.74, 6) is 0.690. The van der Waals surface area contributed by atoms with Gasteiger partial charge in [-0.05, 0) is 71.6 Å². The molecule has 38 heavy (non-hydrogen) atoms. The van der Waals surface area contributed by atoms with E-state index in [-0.39, 0.29) is 36.0 Å². The Bertz CT molecular complexity index is 1420. The molecule has 0 bridgehead atoms. The molecule has 2 aromatic carbocycles. The number of fused-ring (bicyclic) bond motifs is 1. The molecule has 0 spiro atoms. The number of amides is 2. The zero-order valence-electron chi connectivity index (χ0n) is 21.0. The SMILES string of the molecule is CCC(=O)N1CCc2ccc(OCc3ccc(C(=O)NCc4ccccn4)o3)cc2C1c1ccc(F)cc1. The van der Waals surface area contributed by atoms with Gasteiger partial charge in [0, 0.05) is 19.2 Å². The van der Waals surface area contributed by atoms with E-state index in [2.05, 4.69) is 10.3 Å². The second kappa shape index (κ2) is 11.3. The number of carbonyl (C=O) groups excluding carboxylic acids is 2. The van der Waals surface area contributed by atoms with Gasteiger partial charge in [-0.15, -0.1) is 0 Å². The predicted octanol–water partition coefficient (Wildman–Crippen LogP) is 5.21. The van der Waals surface area contributed by atoms with E-state index in [1.54, 1.807) is 30.5 Å². The van der Waals surface area contributed by atoms with Crippen LogP contribution in [0.4, 0.5) is 4.39 Å². The molecule has 0 fully saturated rings. The molecule has 7 nitrogen and oxygen atoms in total. The van der Waals surface area contributed by atoms with Gasteiger partial charge in [0.25, 0.3) is 5.91 Å². The van der Waals surface area contributed by atoms with Gasteiger partial charge < -0.3 is 19.4 Å². The molecule has 0 saturated carbocycles. The average Bonchev–Trinajstić information content (AvgIpc) is 3.44. The molecule has 1 aliphatic heterocycles. The van der Waals surface area contributed by atoms with Gasteiger partial charge in [-0.25, -0.2) is 4.39 Å². The Morgan fingerprint density at radius 2 is 1.95 bits per heavy atom. The first-order chi connectivity index (χ1) is 18.5. The van der Waals surface area contributed by atoms with Crippen molar-refractivity contribution in [1.82, 2.24) is 15.2 Å². The fraction of sp³-hybridized carbons (Fsp3) is 0.233. The number of pyridine rings is 1. The highest BCUT2D eigenvalue weighted by Gasteiger charge is 2.31. The summed E-state index contributed by atoms with van der Waals surface area (Å²) < 4.78 is 25.3. The third-order valence-electron chi connectivity index (χ3n) is 6.58. The quantitative estimate of drug-likeness (QED) is 0.350. The summed E-state index contributed by atoms with van der Waals surface area (Å²) in [5, 5.41) is 2.79. The number of ether oxygens (including phenoxy) is 1. The van der Waals surface area contributed by atoms with Crippen molar-refractivity contribution < 1.29 is 23.1 Å². The third-order valence-corrected chi connectivity index (χ3v) is 6.58. The van der Waals surface area contributed by atoms with E-state index in [1.807, 2.05) is 48.2 Å². The van der Waals surface area contributed by atoms with Gasteiger partial charge in [0.2, 0.25) is 5.91 Å². The van der Waals surface area contributed by atoms with Crippen LogP contribution in [0.15, 0.2) is 83.4 Å². The highest BCUT2D eigenvalue weighted by atomic mass is 19.1. The van der Waals surface area contributed by atoms with E-state index in [4.69, 9.17) is 9.15 Å². The third kappa shape index (κ3) is 5.59. The maximum absolute atomic E-state index is 13.6. The van der Waals surface area contributed by atoms with Crippen molar-refractivity contribution in [2.45, 2.75) is 39.0 Å². The summed E-state index contributed by atoms with van der Waals surface area (Å²) in [4.78, 5) is 31.3. The molecular formula is C30H28FN3O4. The Kier molecular flexibility index (Phi) is 7.49. The maximum Gasteiger partial charge on any atom is 0.287 e. The predicted molar refractivity (Wildman–Crippen MR) is 139 cm³/mol. The van der Waals surface area contributed by atoms with E-state index in [1.165, 1.54) is 12.1 Å². The molecule has 1 N–H and O–H groups in total. The number of benzene rings is 2. The Balaban J connectivity index is 1.29. The van der Waals surface area contributed by atoms with E-state index >= 15 is 0 Å². The summed E-state index contributed by atoms with van der Waals surface area (Å²) in [7, 11) is 0. The molecule has 2 amide bonds. The van der Waals surface area contributed by atoms with E-state index in [0.29, 0.717) is 31.0 Å². The molecule has 2 aromatic heterocycles. The minimum atomic E-state index is -0.335. The molecule has 5 rings (SSSR count). The summed E-state index contributed by atoms with van der Waals surface area (Å²) in [5.41, 5.74) is 3.67. The van der Waals surface area contributed by atoms with Gasteiger partial charge in [-0.3, -0.25) is 14.6 Å². The second-order valence-electron chi connectivity index (χ2n) is 9.06. The first kappa shape index (κ1) is 25.2. The van der Waals surface area contributed by atoms with Crippen molar-refractivity contribution in [1.29, 1.82) is 0 Å². The number of rotatable bonds is 8. The number of nitrogens with one attached hydrogen (secondary N) is 1. The molecule has 1 unspecified atom stereocenters. The van der Waals surface area contributed by atoms with Crippen molar-refractivity contribution in [2.24, 2.45) is 0 Å². The highest BCUT2D eigenvalue weighted by molar-refractivity contribution is 5.91. The van der Waals surface area contributed by atoms with Gasteiger partial charge in [0.05, 0.1) is 18.3 Å². The lowest BCUT2D eigenvalue weighted by atomic mass is 9.87. The molecule has 8 heteroatoms. The second-order valence-corrected chi connectivity index (χ2v) is 9.06. The van der Waals surface area contributed by atoms with Crippen LogP contribution in [0.5, 0.6) is 5.75 Å². The largest absolute Gasteiger partial charge is 0.486 e. The van der Waals surface area contributed by atoms with Gasteiger partial charge in [0.15, 0.2) is 5.76 Å². The van der Waals surface area contributed by atoms with Crippen LogP contribution in [0.2, 0.25) is 0 Å². The monoisotopic (exact) mass is 513 g/mol. The van der Waals surface area contributed by atoms with E-state index < -0.39 is 0 Å². The minimum Gasteiger partial charge on any atom is -0.486 e. The molecule has 0 aliphatic carbocycles. The molecule has 3 heterocycles. The molecular weight excluding hydrogens is 485 g/mol. The van der Waals surface area contributed by atoms with Crippen molar-refractivity contribution in [3.8, 4) is 5.75 Å². The Morgan fingerprint density at radius 1 is 1.11 bits per heavy atom. The highest BCUT2D eigenvalue weighted by Crippen LogP contribution is 2.37. The number of carbonyl (C=O) groups is 2. The fourth-order valence-corrected chi connectivity index (χ4v) is 4.65. The number of nitrogens with zero attached hydrogens (tertiary/aromatic N) is 2. The number of aromatic nitrogens is 1. The van der Waals surface area contributed by atoms with E-state index in [0.717, 1.165) is 28.8 Å². The summed E-state index contributed by atoms with van der Waals surface area (Å²) in [6.07, 6.45) is 2.79. The van der Waals surface area contributed by atoms with Gasteiger partial charge in [0.1, 0.15) is 23.9 Å². The van der Waals surface area contributed by atoms with Gasteiger partial charge in [-0.1, -0.05) is 31.2 Å². The van der Waals surface area contributed by atoms with Crippen molar-refractivity contribution in [2.75, 3.05) is 6.54 Å². The zero-order chi connectivity index (χ0) is 26.5. The lowest BCUT2D eigenvalue weighted by Gasteiger charge is -2.38. The summed E-state index contributed by atoms with van der Waals surface area (Å²) >= 11 is 0. The van der Waals surface area contributed by atoms with Gasteiger partial charge in [-0.2, -0.15) is 0 Å². The minimum absolute atomic E-state index is 0.0423. The van der Waals surface area contributed by atoms with Crippen molar-refractivity contribution >= 4 is 11.8 Å². The van der Waals surface area contributed by atoms with Crippen LogP contribution in [0.1, 0.15) is 58.1 Å². The Morgan fingerprint density at radius 3 is 2.71 bits per heavy atom. The normalized spacial score (nSPS) is 14.6. The van der Waals surface area contributed by atoms with Crippen LogP contribution >= 0.6 is 0 Å². The zero-order valence-corrected chi connectivity index (χ0v) is 21.0. The molecule has 4 aromatic rings. The fourth-order valence-electron chi connectivity index (χ4n) is 4.65. The van der Waals surface area contributed by atoms with Crippen molar-refractivity contribution in [3.05, 3.63) is 119 Å². The van der Waals surface area contributed by atoms with Crippen LogP contribution in [0, 0.1) is 5.82 Å². The first-order valence-corrected chi connectivity index (χ1v) is 12.6. The molecule has 194 valence electrons. The Hall–Kier alpha value is -4.46. The smallest absolute Gasteiger partial charge is 0.287 e. The average molecular weight is 514 g/mol. The standard InChI is InChI=1S/C30H28FN3O4/c1-2-28(35)34-16-14-20-8-11-24(17-26(20)29(34)21-6-9-22(31)10-7-21)37-19-25-12-13-27(38-25)30(36)33-18-23-5-3-4-15-32-23/h3-13,15,17,29H,2,14,16,18-19H2,1H3,(H,33,36). The van der Waals surface area contributed by atoms with Crippen LogP contribution in [-0.2, 0) is 24.4 Å². The van der Waals surface area contributed by atoms with Crippen LogP contribution in [0.25, 0.3) is 0 Å². The lowest BCUT2D eigenvalue weighted by molar-refractivity contribution is -0.132. The molecule has 1 aliphatic rings. The number of furan rings is 1. The first-order valence-electron chi connectivity index (χ1n) is 12.6. The topological polar surface area (TPSA) is 84.7 Å². The number of hydrogen-bond donors (Lipinski definition) is 1. The molecule has 1 atom stereocenters. The van der Waals surface area contributed by atoms with Gasteiger partial charge >= 0.3 is 0 Å². The van der Waals surface area contributed by atoms with E-state index in [9.17, 15) is 14.0 Å². The number of hydrogen-bond acceptors (Lipinski definition) is 5. The van der Waals surface area contributed by atoms with Crippen LogP contribution in [-0.4, -0.2) is 28.2 Å². The summed E-state index contributed by atoms with van der Waals surface area (Å²) in [6.45, 7) is 2.87. The van der Waals surface area contributed by atoms with Crippen LogP contribution < -0.4 is 10.1 Å². The maximum atomic E-state index is 13.6. The number of halogens is 1. The van der Waals surface area contributed by atoms with Crippen molar-refractivity contribution in [3.63, 3.8) is 0 Å². The molecule has 0 saturated heterocycles. The summed E-state index contributed by atoms with van der Waals surface area (Å²) in [6, 6.07) is 20.6.